The molecule has 2 aromatic rings. The summed E-state index contributed by atoms with van der Waals surface area (Å²) in [6, 6.07) is 5.32. The van der Waals surface area contributed by atoms with Gasteiger partial charge in [-0.15, -0.1) is 0 Å². The van der Waals surface area contributed by atoms with Gasteiger partial charge in [-0.2, -0.15) is 0 Å². The van der Waals surface area contributed by atoms with Gasteiger partial charge in [0.05, 0.1) is 12.9 Å². The van der Waals surface area contributed by atoms with Crippen LogP contribution in [0.4, 0.5) is 0 Å². The van der Waals surface area contributed by atoms with Crippen LogP contribution in [0.2, 0.25) is 10.0 Å². The first-order valence-electron chi connectivity index (χ1n) is 9.64. The van der Waals surface area contributed by atoms with Gasteiger partial charge in [0.2, 0.25) is 0 Å². The van der Waals surface area contributed by atoms with Crippen molar-refractivity contribution in [1.82, 2.24) is 19.8 Å². The van der Waals surface area contributed by atoms with E-state index in [0.717, 1.165) is 57.2 Å². The highest BCUT2D eigenvalue weighted by molar-refractivity contribution is 6.34. The van der Waals surface area contributed by atoms with Gasteiger partial charge in [0.15, 0.2) is 5.96 Å². The van der Waals surface area contributed by atoms with Crippen LogP contribution in [0.5, 0.6) is 5.75 Å². The van der Waals surface area contributed by atoms with Crippen molar-refractivity contribution in [2.45, 2.75) is 25.8 Å². The van der Waals surface area contributed by atoms with E-state index in [1.807, 2.05) is 19.6 Å². The SMILES string of the molecule is CN=C(NCCCn1ccnc1)N1CCC(COc2cc(Cl)cc(Cl)c2)CC1. The minimum atomic E-state index is 0.522. The number of aliphatic imine (C=N–C) groups is 1. The number of ether oxygens (including phenoxy) is 1. The average Bonchev–Trinajstić information content (AvgIpc) is 3.20. The van der Waals surface area contributed by atoms with Crippen LogP contribution in [0, 0.1) is 5.92 Å². The first kappa shape index (κ1) is 20.8. The molecule has 1 saturated heterocycles. The second-order valence-corrected chi connectivity index (χ2v) is 7.85. The zero-order valence-electron chi connectivity index (χ0n) is 16.2. The Labute approximate surface area is 176 Å². The van der Waals surface area contributed by atoms with Crippen LogP contribution in [0.1, 0.15) is 19.3 Å². The van der Waals surface area contributed by atoms with Crippen molar-refractivity contribution >= 4 is 29.2 Å². The molecule has 1 aromatic heterocycles. The maximum Gasteiger partial charge on any atom is 0.193 e. The van der Waals surface area contributed by atoms with Crippen LogP contribution < -0.4 is 10.1 Å². The molecule has 6 nitrogen and oxygen atoms in total. The molecule has 0 saturated carbocycles. The Kier molecular flexibility index (Phi) is 7.86. The van der Waals surface area contributed by atoms with Crippen molar-refractivity contribution in [3.63, 3.8) is 0 Å². The molecule has 0 bridgehead atoms. The van der Waals surface area contributed by atoms with Gasteiger partial charge in [-0.1, -0.05) is 23.2 Å². The number of rotatable bonds is 7. The first-order valence-corrected chi connectivity index (χ1v) is 10.4. The van der Waals surface area contributed by atoms with Crippen LogP contribution in [-0.2, 0) is 6.54 Å². The number of imidazole rings is 1. The molecule has 1 aliphatic heterocycles. The predicted octanol–water partition coefficient (Wildman–Crippen LogP) is 3.95. The molecular formula is C20H27Cl2N5O. The van der Waals surface area contributed by atoms with E-state index < -0.39 is 0 Å². The Hall–Kier alpha value is -1.92. The molecular weight excluding hydrogens is 397 g/mol. The monoisotopic (exact) mass is 423 g/mol. The molecule has 0 radical (unpaired) electrons. The topological polar surface area (TPSA) is 54.7 Å². The Balaban J connectivity index is 1.37. The maximum atomic E-state index is 6.03. The van der Waals surface area contributed by atoms with Gasteiger partial charge in [-0.3, -0.25) is 4.99 Å². The Morgan fingerprint density at radius 2 is 2.00 bits per heavy atom. The van der Waals surface area contributed by atoms with Crippen molar-refractivity contribution in [3.8, 4) is 5.75 Å². The molecule has 0 amide bonds. The van der Waals surface area contributed by atoms with E-state index in [9.17, 15) is 0 Å². The summed E-state index contributed by atoms with van der Waals surface area (Å²) in [6.07, 6.45) is 8.81. The number of hydrogen-bond acceptors (Lipinski definition) is 3. The Bertz CT molecular complexity index is 738. The molecule has 1 N–H and O–H groups in total. The number of likely N-dealkylation sites (tertiary alicyclic amines) is 1. The summed E-state index contributed by atoms with van der Waals surface area (Å²) in [5.74, 6) is 2.23. The standard InChI is InChI=1S/C20H27Cl2N5O/c1-23-20(25-5-2-7-26-10-6-24-15-26)27-8-3-16(4-9-27)14-28-19-12-17(21)11-18(22)13-19/h6,10-13,15-16H,2-5,7-9,14H2,1H3,(H,23,25). The normalized spacial score (nSPS) is 15.7. The molecule has 28 heavy (non-hydrogen) atoms. The molecule has 0 aliphatic carbocycles. The van der Waals surface area contributed by atoms with Gasteiger partial charge in [0, 0.05) is 55.7 Å². The number of hydrogen-bond donors (Lipinski definition) is 1. The lowest BCUT2D eigenvalue weighted by atomic mass is 9.98. The predicted molar refractivity (Wildman–Crippen MR) is 114 cm³/mol. The van der Waals surface area contributed by atoms with Gasteiger partial charge in [-0.05, 0) is 43.4 Å². The minimum absolute atomic E-state index is 0.522. The second-order valence-electron chi connectivity index (χ2n) is 6.97. The van der Waals surface area contributed by atoms with E-state index >= 15 is 0 Å². The number of aromatic nitrogens is 2. The van der Waals surface area contributed by atoms with Gasteiger partial charge in [-0.25, -0.2) is 4.98 Å². The summed E-state index contributed by atoms with van der Waals surface area (Å²) < 4.78 is 7.99. The third kappa shape index (κ3) is 6.31. The van der Waals surface area contributed by atoms with E-state index in [4.69, 9.17) is 27.9 Å². The van der Waals surface area contributed by atoms with Gasteiger partial charge in [0.25, 0.3) is 0 Å². The highest BCUT2D eigenvalue weighted by atomic mass is 35.5. The summed E-state index contributed by atoms with van der Waals surface area (Å²) in [5.41, 5.74) is 0. The Morgan fingerprint density at radius 3 is 2.64 bits per heavy atom. The lowest BCUT2D eigenvalue weighted by Gasteiger charge is -2.34. The average molecular weight is 424 g/mol. The van der Waals surface area contributed by atoms with Crippen LogP contribution in [0.15, 0.2) is 41.9 Å². The highest BCUT2D eigenvalue weighted by Gasteiger charge is 2.22. The van der Waals surface area contributed by atoms with Crippen molar-refractivity contribution in [2.75, 3.05) is 33.3 Å². The van der Waals surface area contributed by atoms with Gasteiger partial charge < -0.3 is 19.5 Å². The minimum Gasteiger partial charge on any atom is -0.493 e. The molecule has 0 spiro atoms. The molecule has 1 aromatic carbocycles. The fraction of sp³-hybridized carbons (Fsp3) is 0.500. The number of aryl methyl sites for hydroxylation is 1. The van der Waals surface area contributed by atoms with Gasteiger partial charge >= 0.3 is 0 Å². The van der Waals surface area contributed by atoms with Crippen molar-refractivity contribution in [2.24, 2.45) is 10.9 Å². The lowest BCUT2D eigenvalue weighted by Crippen LogP contribution is -2.46. The van der Waals surface area contributed by atoms with Crippen molar-refractivity contribution in [1.29, 1.82) is 0 Å². The molecule has 2 heterocycles. The lowest BCUT2D eigenvalue weighted by molar-refractivity contribution is 0.179. The third-order valence-corrected chi connectivity index (χ3v) is 5.32. The van der Waals surface area contributed by atoms with E-state index in [-0.39, 0.29) is 0 Å². The van der Waals surface area contributed by atoms with Crippen LogP contribution in [0.25, 0.3) is 0 Å². The smallest absolute Gasteiger partial charge is 0.193 e. The second kappa shape index (κ2) is 10.6. The van der Waals surface area contributed by atoms with Crippen LogP contribution in [0.3, 0.4) is 0 Å². The van der Waals surface area contributed by atoms with E-state index in [1.54, 1.807) is 24.4 Å². The first-order chi connectivity index (χ1) is 13.6. The van der Waals surface area contributed by atoms with Crippen molar-refractivity contribution < 1.29 is 4.74 Å². The summed E-state index contributed by atoms with van der Waals surface area (Å²) in [4.78, 5) is 10.8. The number of halogens is 2. The highest BCUT2D eigenvalue weighted by Crippen LogP contribution is 2.26. The molecule has 1 fully saturated rings. The maximum absolute atomic E-state index is 6.03. The van der Waals surface area contributed by atoms with Crippen molar-refractivity contribution in [3.05, 3.63) is 47.0 Å². The fourth-order valence-corrected chi connectivity index (χ4v) is 3.86. The van der Waals surface area contributed by atoms with E-state index in [0.29, 0.717) is 22.6 Å². The van der Waals surface area contributed by atoms with E-state index in [2.05, 4.69) is 24.8 Å². The van der Waals surface area contributed by atoms with E-state index in [1.165, 1.54) is 0 Å². The molecule has 0 atom stereocenters. The molecule has 8 heteroatoms. The molecule has 1 aliphatic rings. The van der Waals surface area contributed by atoms with Crippen LogP contribution >= 0.6 is 23.2 Å². The zero-order valence-corrected chi connectivity index (χ0v) is 17.7. The summed E-state index contributed by atoms with van der Waals surface area (Å²) in [5, 5.41) is 4.66. The number of guanidine groups is 1. The summed E-state index contributed by atoms with van der Waals surface area (Å²) >= 11 is 12.1. The molecule has 3 rings (SSSR count). The fourth-order valence-electron chi connectivity index (χ4n) is 3.35. The molecule has 152 valence electrons. The number of nitrogens with one attached hydrogen (secondary N) is 1. The molecule has 0 unspecified atom stereocenters. The largest absolute Gasteiger partial charge is 0.493 e. The number of benzene rings is 1. The van der Waals surface area contributed by atoms with Crippen LogP contribution in [-0.4, -0.2) is 53.7 Å². The zero-order chi connectivity index (χ0) is 19.8. The summed E-state index contributed by atoms with van der Waals surface area (Å²) in [7, 11) is 1.84. The van der Waals surface area contributed by atoms with Gasteiger partial charge in [0.1, 0.15) is 5.75 Å². The Morgan fingerprint density at radius 1 is 1.25 bits per heavy atom. The number of nitrogens with zero attached hydrogens (tertiary/aromatic N) is 4. The quantitative estimate of drug-likeness (QED) is 0.416. The number of piperidine rings is 1. The summed E-state index contributed by atoms with van der Waals surface area (Å²) in [6.45, 7) is 4.48. The third-order valence-electron chi connectivity index (χ3n) is 4.88.